The highest BCUT2D eigenvalue weighted by molar-refractivity contribution is 8.00. The minimum absolute atomic E-state index is 0.0687. The fraction of sp³-hybridized carbons (Fsp3) is 0.381. The minimum atomic E-state index is -0.646. The third-order valence-electron chi connectivity index (χ3n) is 4.19. The molecule has 3 N–H and O–H groups in total. The van der Waals surface area contributed by atoms with E-state index in [0.29, 0.717) is 5.56 Å². The van der Waals surface area contributed by atoms with Gasteiger partial charge in [0.05, 0.1) is 22.8 Å². The van der Waals surface area contributed by atoms with Crippen molar-refractivity contribution in [2.24, 2.45) is 5.73 Å². The topological polar surface area (TPSA) is 98.5 Å². The molecule has 0 unspecified atom stereocenters. The van der Waals surface area contributed by atoms with Gasteiger partial charge in [0, 0.05) is 4.90 Å². The van der Waals surface area contributed by atoms with Gasteiger partial charge in [-0.15, -0.1) is 23.1 Å². The standard InChI is InChI=1S/C21H26N2O4S2/c1-6-27-20(26)16-12(2)17(18(22)25)29-19(16)23-15(24)11-28-14-9-7-13(8-10-14)21(3,4)5/h7-10H,6,11H2,1-5H3,(H2,22,25)(H,23,24). The van der Waals surface area contributed by atoms with Crippen LogP contribution in [0.4, 0.5) is 5.00 Å². The first-order valence-corrected chi connectivity index (χ1v) is 11.0. The molecule has 6 nitrogen and oxygen atoms in total. The van der Waals surface area contributed by atoms with Crippen molar-refractivity contribution in [1.29, 1.82) is 0 Å². The molecule has 0 saturated carbocycles. The molecule has 0 aliphatic carbocycles. The van der Waals surface area contributed by atoms with Crippen molar-refractivity contribution in [3.05, 3.63) is 45.8 Å². The second-order valence-corrected chi connectivity index (χ2v) is 9.53. The molecular formula is C21H26N2O4S2. The first-order chi connectivity index (χ1) is 13.5. The highest BCUT2D eigenvalue weighted by atomic mass is 32.2. The Balaban J connectivity index is 2.11. The largest absolute Gasteiger partial charge is 0.462 e. The third-order valence-corrected chi connectivity index (χ3v) is 6.43. The molecule has 2 amide bonds. The Morgan fingerprint density at radius 1 is 1.17 bits per heavy atom. The molecule has 0 saturated heterocycles. The number of anilines is 1. The zero-order valence-electron chi connectivity index (χ0n) is 17.3. The van der Waals surface area contributed by atoms with Crippen LogP contribution >= 0.6 is 23.1 Å². The Morgan fingerprint density at radius 3 is 2.31 bits per heavy atom. The van der Waals surface area contributed by atoms with E-state index in [-0.39, 0.29) is 39.1 Å². The quantitative estimate of drug-likeness (QED) is 0.498. The van der Waals surface area contributed by atoms with Crippen molar-refractivity contribution in [1.82, 2.24) is 0 Å². The smallest absolute Gasteiger partial charge is 0.341 e. The molecule has 0 radical (unpaired) electrons. The predicted molar refractivity (Wildman–Crippen MR) is 118 cm³/mol. The summed E-state index contributed by atoms with van der Waals surface area (Å²) in [4.78, 5) is 37.5. The summed E-state index contributed by atoms with van der Waals surface area (Å²) in [6.45, 7) is 9.93. The van der Waals surface area contributed by atoms with Gasteiger partial charge in [-0.1, -0.05) is 32.9 Å². The molecule has 0 atom stereocenters. The first-order valence-electron chi connectivity index (χ1n) is 9.18. The number of rotatable bonds is 7. The van der Waals surface area contributed by atoms with E-state index in [1.54, 1.807) is 13.8 Å². The van der Waals surface area contributed by atoms with Crippen LogP contribution in [0, 0.1) is 6.92 Å². The van der Waals surface area contributed by atoms with Crippen LogP contribution in [0.15, 0.2) is 29.2 Å². The zero-order valence-corrected chi connectivity index (χ0v) is 18.9. The monoisotopic (exact) mass is 434 g/mol. The Kier molecular flexibility index (Phi) is 7.48. The average molecular weight is 435 g/mol. The van der Waals surface area contributed by atoms with E-state index in [9.17, 15) is 14.4 Å². The molecule has 8 heteroatoms. The molecule has 1 heterocycles. The fourth-order valence-electron chi connectivity index (χ4n) is 2.65. The summed E-state index contributed by atoms with van der Waals surface area (Å²) < 4.78 is 5.05. The number of nitrogens with one attached hydrogen (secondary N) is 1. The molecule has 0 aliphatic heterocycles. The number of carbonyl (C=O) groups excluding carboxylic acids is 3. The highest BCUT2D eigenvalue weighted by Gasteiger charge is 2.25. The number of primary amides is 1. The molecule has 2 rings (SSSR count). The Labute approximate surface area is 179 Å². The normalized spacial score (nSPS) is 11.2. The minimum Gasteiger partial charge on any atom is -0.462 e. The summed E-state index contributed by atoms with van der Waals surface area (Å²) in [6, 6.07) is 8.09. The van der Waals surface area contributed by atoms with E-state index in [1.807, 2.05) is 12.1 Å². The highest BCUT2D eigenvalue weighted by Crippen LogP contribution is 2.34. The van der Waals surface area contributed by atoms with E-state index in [0.717, 1.165) is 16.2 Å². The maximum absolute atomic E-state index is 12.4. The van der Waals surface area contributed by atoms with E-state index in [4.69, 9.17) is 10.5 Å². The van der Waals surface area contributed by atoms with Crippen LogP contribution in [-0.2, 0) is 14.9 Å². The van der Waals surface area contributed by atoms with Gasteiger partial charge in [0.2, 0.25) is 5.91 Å². The second-order valence-electron chi connectivity index (χ2n) is 7.46. The first kappa shape index (κ1) is 23.0. The van der Waals surface area contributed by atoms with E-state index in [1.165, 1.54) is 17.3 Å². The summed E-state index contributed by atoms with van der Waals surface area (Å²) in [7, 11) is 0. The predicted octanol–water partition coefficient (Wildman–Crippen LogP) is 4.36. The van der Waals surface area contributed by atoms with Crippen molar-refractivity contribution in [3.8, 4) is 0 Å². The Bertz CT molecular complexity index is 912. The van der Waals surface area contributed by atoms with Gasteiger partial charge >= 0.3 is 5.97 Å². The van der Waals surface area contributed by atoms with Crippen molar-refractivity contribution in [3.63, 3.8) is 0 Å². The van der Waals surface area contributed by atoms with Gasteiger partial charge in [-0.2, -0.15) is 0 Å². The SMILES string of the molecule is CCOC(=O)c1c(NC(=O)CSc2ccc(C(C)(C)C)cc2)sc(C(N)=O)c1C. The van der Waals surface area contributed by atoms with Crippen LogP contribution in [0.2, 0.25) is 0 Å². The number of thiophene rings is 1. The van der Waals surface area contributed by atoms with Crippen molar-refractivity contribution < 1.29 is 19.1 Å². The van der Waals surface area contributed by atoms with Crippen LogP contribution in [0.25, 0.3) is 0 Å². The van der Waals surface area contributed by atoms with Crippen LogP contribution in [-0.4, -0.2) is 30.1 Å². The fourth-order valence-corrected chi connectivity index (χ4v) is 4.41. The number of nitrogens with two attached hydrogens (primary N) is 1. The van der Waals surface area contributed by atoms with Crippen LogP contribution in [0.1, 0.15) is 58.9 Å². The summed E-state index contributed by atoms with van der Waals surface area (Å²) in [5.74, 6) is -1.35. The number of esters is 1. The van der Waals surface area contributed by atoms with Gasteiger partial charge < -0.3 is 15.8 Å². The molecule has 0 bridgehead atoms. The number of benzene rings is 1. The maximum atomic E-state index is 12.4. The Morgan fingerprint density at radius 2 is 1.79 bits per heavy atom. The number of hydrogen-bond donors (Lipinski definition) is 2. The summed E-state index contributed by atoms with van der Waals surface area (Å²) >= 11 is 2.38. The van der Waals surface area contributed by atoms with Crippen molar-refractivity contribution in [2.75, 3.05) is 17.7 Å². The lowest BCUT2D eigenvalue weighted by atomic mass is 9.87. The van der Waals surface area contributed by atoms with Crippen LogP contribution in [0.5, 0.6) is 0 Å². The molecule has 2 aromatic rings. The second kappa shape index (κ2) is 9.45. The number of thioether (sulfide) groups is 1. The van der Waals surface area contributed by atoms with E-state index in [2.05, 4.69) is 38.2 Å². The van der Waals surface area contributed by atoms with E-state index >= 15 is 0 Å². The lowest BCUT2D eigenvalue weighted by Gasteiger charge is -2.19. The van der Waals surface area contributed by atoms with Crippen LogP contribution in [0.3, 0.4) is 0 Å². The summed E-state index contributed by atoms with van der Waals surface area (Å²) in [5, 5.41) is 3.00. The van der Waals surface area contributed by atoms with Gasteiger partial charge in [0.1, 0.15) is 5.00 Å². The average Bonchev–Trinajstić information content (AvgIpc) is 2.96. The summed E-state index contributed by atoms with van der Waals surface area (Å²) in [5.41, 5.74) is 7.27. The molecule has 0 aliphatic rings. The van der Waals surface area contributed by atoms with Crippen molar-refractivity contribution >= 4 is 45.9 Å². The number of carbonyl (C=O) groups is 3. The molecule has 156 valence electrons. The molecule has 1 aromatic heterocycles. The lowest BCUT2D eigenvalue weighted by Crippen LogP contribution is -2.16. The van der Waals surface area contributed by atoms with Gasteiger partial charge in [0.15, 0.2) is 0 Å². The molecule has 0 spiro atoms. The van der Waals surface area contributed by atoms with Crippen molar-refractivity contribution in [2.45, 2.75) is 44.9 Å². The third kappa shape index (κ3) is 5.83. The van der Waals surface area contributed by atoms with Gasteiger partial charge in [-0.25, -0.2) is 4.79 Å². The molecule has 1 aromatic carbocycles. The molecule has 29 heavy (non-hydrogen) atoms. The van der Waals surface area contributed by atoms with Crippen LogP contribution < -0.4 is 11.1 Å². The Hall–Kier alpha value is -2.32. The van der Waals surface area contributed by atoms with Gasteiger partial charge in [0.25, 0.3) is 5.91 Å². The number of hydrogen-bond acceptors (Lipinski definition) is 6. The van der Waals surface area contributed by atoms with Gasteiger partial charge in [-0.05, 0) is 42.5 Å². The number of ether oxygens (including phenoxy) is 1. The number of amides is 2. The maximum Gasteiger partial charge on any atom is 0.341 e. The van der Waals surface area contributed by atoms with Gasteiger partial charge in [-0.3, -0.25) is 9.59 Å². The van der Waals surface area contributed by atoms with E-state index < -0.39 is 11.9 Å². The molecular weight excluding hydrogens is 408 g/mol. The zero-order chi connectivity index (χ0) is 21.8. The molecule has 0 fully saturated rings. The lowest BCUT2D eigenvalue weighted by molar-refractivity contribution is -0.113. The summed E-state index contributed by atoms with van der Waals surface area (Å²) in [6.07, 6.45) is 0.